The van der Waals surface area contributed by atoms with E-state index in [9.17, 15) is 8.42 Å². The van der Waals surface area contributed by atoms with Crippen molar-refractivity contribution in [2.75, 3.05) is 14.2 Å². The molecule has 0 aromatic heterocycles. The number of benzene rings is 2. The number of sulfonamides is 1. The summed E-state index contributed by atoms with van der Waals surface area (Å²) < 4.78 is 38.2. The summed E-state index contributed by atoms with van der Waals surface area (Å²) in [4.78, 5) is 0.136. The smallest absolute Gasteiger partial charge is 0.241 e. The van der Waals surface area contributed by atoms with Crippen LogP contribution in [-0.4, -0.2) is 22.6 Å². The number of hydrogen-bond acceptors (Lipinski definition) is 4. The molecule has 1 atom stereocenters. The van der Waals surface area contributed by atoms with Crippen molar-refractivity contribution in [1.82, 2.24) is 4.72 Å². The molecule has 0 aliphatic carbocycles. The molecule has 0 saturated heterocycles. The van der Waals surface area contributed by atoms with Crippen LogP contribution in [0.5, 0.6) is 11.5 Å². The summed E-state index contributed by atoms with van der Waals surface area (Å²) in [6.07, 6.45) is 0.950. The molecule has 5 nitrogen and oxygen atoms in total. The van der Waals surface area contributed by atoms with Crippen molar-refractivity contribution in [3.63, 3.8) is 0 Å². The Morgan fingerprint density at radius 3 is 2.17 bits per heavy atom. The van der Waals surface area contributed by atoms with Crippen LogP contribution < -0.4 is 14.2 Å². The summed E-state index contributed by atoms with van der Waals surface area (Å²) >= 11 is 0. The second kappa shape index (κ2) is 7.68. The Kier molecular flexibility index (Phi) is 5.85. The molecule has 0 saturated carbocycles. The van der Waals surface area contributed by atoms with Crippen molar-refractivity contribution < 1.29 is 17.9 Å². The van der Waals surface area contributed by atoms with Gasteiger partial charge >= 0.3 is 0 Å². The lowest BCUT2D eigenvalue weighted by molar-refractivity contribution is 0.354. The minimum atomic E-state index is -3.67. The van der Waals surface area contributed by atoms with E-state index in [1.807, 2.05) is 31.2 Å². The molecule has 0 amide bonds. The molecule has 0 aliphatic heterocycles. The zero-order chi connectivity index (χ0) is 17.7. The molecule has 0 aliphatic rings. The summed E-state index contributed by atoms with van der Waals surface area (Å²) in [5.74, 6) is 0.861. The van der Waals surface area contributed by atoms with Gasteiger partial charge in [-0.3, -0.25) is 0 Å². The molecule has 130 valence electrons. The summed E-state index contributed by atoms with van der Waals surface area (Å²) in [7, 11) is -0.688. The molecule has 0 bridgehead atoms. The van der Waals surface area contributed by atoms with Crippen LogP contribution in [0.15, 0.2) is 47.4 Å². The third-order valence-corrected chi connectivity index (χ3v) is 5.42. The summed E-state index contributed by atoms with van der Waals surface area (Å²) in [5, 5.41) is 0. The van der Waals surface area contributed by atoms with E-state index in [2.05, 4.69) is 11.6 Å². The van der Waals surface area contributed by atoms with E-state index >= 15 is 0 Å². The molecule has 6 heteroatoms. The van der Waals surface area contributed by atoms with Crippen molar-refractivity contribution in [2.24, 2.45) is 0 Å². The van der Waals surface area contributed by atoms with E-state index in [-0.39, 0.29) is 10.9 Å². The average molecular weight is 349 g/mol. The van der Waals surface area contributed by atoms with Gasteiger partial charge in [-0.25, -0.2) is 13.1 Å². The van der Waals surface area contributed by atoms with E-state index < -0.39 is 10.0 Å². The zero-order valence-corrected chi connectivity index (χ0v) is 15.2. The van der Waals surface area contributed by atoms with Crippen LogP contribution in [0.4, 0.5) is 0 Å². The molecule has 0 fully saturated rings. The number of ether oxygens (including phenoxy) is 2. The first-order chi connectivity index (χ1) is 11.4. The number of methoxy groups -OCH3 is 2. The van der Waals surface area contributed by atoms with Crippen LogP contribution in [-0.2, 0) is 16.4 Å². The van der Waals surface area contributed by atoms with Gasteiger partial charge in [0.15, 0.2) is 11.5 Å². The SMILES string of the molecule is CCc1ccc([C@@H](C)NS(=O)(=O)c2ccc(OC)c(OC)c2)cc1. The quantitative estimate of drug-likeness (QED) is 0.833. The van der Waals surface area contributed by atoms with Crippen LogP contribution in [0.2, 0.25) is 0 Å². The summed E-state index contributed by atoms with van der Waals surface area (Å²) in [6.45, 7) is 3.90. The Labute approximate surface area is 143 Å². The Bertz CT molecular complexity index is 785. The molecule has 2 aromatic carbocycles. The minimum absolute atomic E-state index is 0.136. The highest BCUT2D eigenvalue weighted by molar-refractivity contribution is 7.89. The van der Waals surface area contributed by atoms with Gasteiger partial charge in [0.25, 0.3) is 0 Å². The topological polar surface area (TPSA) is 64.6 Å². The Morgan fingerprint density at radius 2 is 1.62 bits per heavy atom. The van der Waals surface area contributed by atoms with Gasteiger partial charge in [-0.05, 0) is 36.6 Å². The van der Waals surface area contributed by atoms with E-state index in [0.717, 1.165) is 12.0 Å². The van der Waals surface area contributed by atoms with Crippen LogP contribution in [0, 0.1) is 0 Å². The Hall–Kier alpha value is -2.05. The largest absolute Gasteiger partial charge is 0.493 e. The zero-order valence-electron chi connectivity index (χ0n) is 14.4. The lowest BCUT2D eigenvalue weighted by Gasteiger charge is -2.16. The fourth-order valence-corrected chi connectivity index (χ4v) is 3.64. The minimum Gasteiger partial charge on any atom is -0.493 e. The predicted molar refractivity (Wildman–Crippen MR) is 94.1 cm³/mol. The monoisotopic (exact) mass is 349 g/mol. The Morgan fingerprint density at radius 1 is 1.00 bits per heavy atom. The molecule has 0 radical (unpaired) electrons. The summed E-state index contributed by atoms with van der Waals surface area (Å²) in [6, 6.07) is 12.1. The number of rotatable bonds is 7. The van der Waals surface area contributed by atoms with Gasteiger partial charge in [-0.2, -0.15) is 0 Å². The number of nitrogens with one attached hydrogen (secondary N) is 1. The van der Waals surface area contributed by atoms with Crippen molar-refractivity contribution in [3.05, 3.63) is 53.6 Å². The maximum absolute atomic E-state index is 12.6. The standard InChI is InChI=1S/C18H23NO4S/c1-5-14-6-8-15(9-7-14)13(2)19-24(20,21)16-10-11-17(22-3)18(12-16)23-4/h6-13,19H,5H2,1-4H3/t13-/m1/s1. The molecule has 1 N–H and O–H groups in total. The highest BCUT2D eigenvalue weighted by atomic mass is 32.2. The van der Waals surface area contributed by atoms with Gasteiger partial charge < -0.3 is 9.47 Å². The first kappa shape index (κ1) is 18.3. The normalized spacial score (nSPS) is 12.7. The van der Waals surface area contributed by atoms with E-state index in [4.69, 9.17) is 9.47 Å². The lowest BCUT2D eigenvalue weighted by atomic mass is 10.1. The van der Waals surface area contributed by atoms with Gasteiger partial charge in [0, 0.05) is 12.1 Å². The highest BCUT2D eigenvalue weighted by Gasteiger charge is 2.20. The van der Waals surface area contributed by atoms with Crippen molar-refractivity contribution >= 4 is 10.0 Å². The van der Waals surface area contributed by atoms with Crippen LogP contribution >= 0.6 is 0 Å². The third-order valence-electron chi connectivity index (χ3n) is 3.89. The maximum Gasteiger partial charge on any atom is 0.241 e. The van der Waals surface area contributed by atoms with Gasteiger partial charge in [0.1, 0.15) is 0 Å². The van der Waals surface area contributed by atoms with E-state index in [0.29, 0.717) is 11.5 Å². The van der Waals surface area contributed by atoms with Gasteiger partial charge in [0.2, 0.25) is 10.0 Å². The second-order valence-electron chi connectivity index (χ2n) is 5.45. The molecular formula is C18H23NO4S. The predicted octanol–water partition coefficient (Wildman–Crippen LogP) is 3.31. The number of aryl methyl sites for hydroxylation is 1. The van der Waals surface area contributed by atoms with Crippen molar-refractivity contribution in [2.45, 2.75) is 31.2 Å². The maximum atomic E-state index is 12.6. The molecule has 2 aromatic rings. The molecule has 0 unspecified atom stereocenters. The molecule has 0 spiro atoms. The van der Waals surface area contributed by atoms with E-state index in [1.165, 1.54) is 31.9 Å². The van der Waals surface area contributed by atoms with Crippen LogP contribution in [0.25, 0.3) is 0 Å². The summed E-state index contributed by atoms with van der Waals surface area (Å²) in [5.41, 5.74) is 2.13. The fourth-order valence-electron chi connectivity index (χ4n) is 2.39. The van der Waals surface area contributed by atoms with Crippen LogP contribution in [0.1, 0.15) is 31.0 Å². The Balaban J connectivity index is 2.23. The van der Waals surface area contributed by atoms with Crippen molar-refractivity contribution in [3.8, 4) is 11.5 Å². The van der Waals surface area contributed by atoms with E-state index in [1.54, 1.807) is 6.07 Å². The van der Waals surface area contributed by atoms with Crippen LogP contribution in [0.3, 0.4) is 0 Å². The van der Waals surface area contributed by atoms with Crippen molar-refractivity contribution in [1.29, 1.82) is 0 Å². The highest BCUT2D eigenvalue weighted by Crippen LogP contribution is 2.30. The first-order valence-electron chi connectivity index (χ1n) is 7.74. The molecule has 24 heavy (non-hydrogen) atoms. The molecule has 2 rings (SSSR count). The first-order valence-corrected chi connectivity index (χ1v) is 9.22. The molecular weight excluding hydrogens is 326 g/mol. The van der Waals surface area contributed by atoms with Gasteiger partial charge in [-0.1, -0.05) is 31.2 Å². The second-order valence-corrected chi connectivity index (χ2v) is 7.17. The third kappa shape index (κ3) is 4.07. The average Bonchev–Trinajstić information content (AvgIpc) is 2.60. The number of hydrogen-bond donors (Lipinski definition) is 1. The fraction of sp³-hybridized carbons (Fsp3) is 0.333. The lowest BCUT2D eigenvalue weighted by Crippen LogP contribution is -2.26. The van der Waals surface area contributed by atoms with Gasteiger partial charge in [0.05, 0.1) is 19.1 Å². The van der Waals surface area contributed by atoms with Gasteiger partial charge in [-0.15, -0.1) is 0 Å². The molecule has 0 heterocycles.